The van der Waals surface area contributed by atoms with Gasteiger partial charge in [-0.25, -0.2) is 4.79 Å². The van der Waals surface area contributed by atoms with E-state index in [1.807, 2.05) is 0 Å². The van der Waals surface area contributed by atoms with Crippen LogP contribution in [0.3, 0.4) is 0 Å². The van der Waals surface area contributed by atoms with Gasteiger partial charge in [0.25, 0.3) is 0 Å². The van der Waals surface area contributed by atoms with Crippen molar-refractivity contribution in [2.75, 3.05) is 19.8 Å². The lowest BCUT2D eigenvalue weighted by atomic mass is 10.3. The molecule has 0 aromatic heterocycles. The summed E-state index contributed by atoms with van der Waals surface area (Å²) < 4.78 is 4.67. The molecule has 5 nitrogen and oxygen atoms in total. The monoisotopic (exact) mass is 160 g/mol. The van der Waals surface area contributed by atoms with Crippen LogP contribution in [0.2, 0.25) is 0 Å². The molecule has 4 N–H and O–H groups in total. The Morgan fingerprint density at radius 1 is 1.64 bits per heavy atom. The third-order valence-corrected chi connectivity index (χ3v) is 1.02. The molecule has 0 aliphatic heterocycles. The van der Waals surface area contributed by atoms with Crippen LogP contribution in [0.4, 0.5) is 0 Å². The number of hydrogen-bond acceptors (Lipinski definition) is 4. The summed E-state index contributed by atoms with van der Waals surface area (Å²) in [5.41, 5.74) is 5.49. The van der Waals surface area contributed by atoms with E-state index >= 15 is 0 Å². The van der Waals surface area contributed by atoms with Gasteiger partial charge in [0.1, 0.15) is 6.61 Å². The van der Waals surface area contributed by atoms with Gasteiger partial charge in [-0.3, -0.25) is 0 Å². The van der Waals surface area contributed by atoms with Gasteiger partial charge < -0.3 is 21.0 Å². The van der Waals surface area contributed by atoms with Gasteiger partial charge in [-0.1, -0.05) is 0 Å². The molecule has 0 rings (SSSR count). The second kappa shape index (κ2) is 5.82. The van der Waals surface area contributed by atoms with E-state index in [0.29, 0.717) is 12.1 Å². The molecule has 64 valence electrons. The number of rotatable bonds is 6. The molecular formula is C6H12N2O3. The van der Waals surface area contributed by atoms with E-state index in [0.717, 1.165) is 0 Å². The first kappa shape index (κ1) is 10.1. The zero-order valence-electron chi connectivity index (χ0n) is 6.17. The zero-order chi connectivity index (χ0) is 8.69. The van der Waals surface area contributed by atoms with Crippen LogP contribution in [-0.4, -0.2) is 36.5 Å². The van der Waals surface area contributed by atoms with Crippen LogP contribution in [0.15, 0.2) is 0 Å². The van der Waals surface area contributed by atoms with E-state index in [-0.39, 0.29) is 19.8 Å². The Morgan fingerprint density at radius 2 is 2.27 bits per heavy atom. The molecule has 11 heavy (non-hydrogen) atoms. The summed E-state index contributed by atoms with van der Waals surface area (Å²) in [6, 6.07) is 0. The van der Waals surface area contributed by atoms with E-state index in [1.54, 1.807) is 0 Å². The van der Waals surface area contributed by atoms with Crippen LogP contribution in [0.1, 0.15) is 6.42 Å². The fourth-order valence-corrected chi connectivity index (χ4v) is 0.457. The summed E-state index contributed by atoms with van der Waals surface area (Å²) in [7, 11) is 0. The van der Waals surface area contributed by atoms with Gasteiger partial charge in [0.2, 0.25) is 0 Å². The fraction of sp³-hybridized carbons (Fsp3) is 0.667. The normalized spacial score (nSPS) is 9.55. The number of aliphatic carboxylic acids is 1. The molecule has 0 atom stereocenters. The minimum atomic E-state index is -0.996. The maximum Gasteiger partial charge on any atom is 0.329 e. The minimum Gasteiger partial charge on any atom is -0.480 e. The third kappa shape index (κ3) is 6.95. The molecule has 0 fully saturated rings. The second-order valence-corrected chi connectivity index (χ2v) is 2.00. The molecule has 0 unspecified atom stereocenters. The SMILES string of the molecule is N=C(CN)CCOCC(=O)O. The first-order chi connectivity index (χ1) is 5.16. The number of carboxylic acid groups (broad SMARTS) is 1. The van der Waals surface area contributed by atoms with Gasteiger partial charge in [-0.15, -0.1) is 0 Å². The molecule has 0 heterocycles. The van der Waals surface area contributed by atoms with Crippen molar-refractivity contribution in [3.63, 3.8) is 0 Å². The van der Waals surface area contributed by atoms with Gasteiger partial charge in [-0.05, 0) is 0 Å². The Bertz CT molecular complexity index is 147. The Morgan fingerprint density at radius 3 is 2.73 bits per heavy atom. The highest BCUT2D eigenvalue weighted by molar-refractivity contribution is 5.83. The summed E-state index contributed by atoms with van der Waals surface area (Å²) in [5.74, 6) is -0.996. The maximum atomic E-state index is 9.91. The summed E-state index contributed by atoms with van der Waals surface area (Å²) in [6.45, 7) is 0.149. The number of hydrogen-bond donors (Lipinski definition) is 3. The number of nitrogens with one attached hydrogen (secondary N) is 1. The molecule has 0 saturated heterocycles. The van der Waals surface area contributed by atoms with Crippen molar-refractivity contribution in [3.8, 4) is 0 Å². The molecule has 0 aliphatic rings. The first-order valence-corrected chi connectivity index (χ1v) is 3.22. The quantitative estimate of drug-likeness (QED) is 0.359. The highest BCUT2D eigenvalue weighted by Crippen LogP contribution is 1.83. The van der Waals surface area contributed by atoms with Crippen LogP contribution in [-0.2, 0) is 9.53 Å². The van der Waals surface area contributed by atoms with Crippen molar-refractivity contribution in [2.24, 2.45) is 5.73 Å². The van der Waals surface area contributed by atoms with Gasteiger partial charge in [0, 0.05) is 18.7 Å². The molecule has 0 aromatic rings. The molecule has 0 saturated carbocycles. The Kier molecular flexibility index (Phi) is 5.32. The lowest BCUT2D eigenvalue weighted by Gasteiger charge is -2.00. The lowest BCUT2D eigenvalue weighted by Crippen LogP contribution is -2.16. The molecule has 0 spiro atoms. The zero-order valence-corrected chi connectivity index (χ0v) is 6.17. The molecule has 0 radical (unpaired) electrons. The average molecular weight is 160 g/mol. The summed E-state index contributed by atoms with van der Waals surface area (Å²) >= 11 is 0. The van der Waals surface area contributed by atoms with Crippen molar-refractivity contribution in [2.45, 2.75) is 6.42 Å². The Hall–Kier alpha value is -0.940. The fourth-order valence-electron chi connectivity index (χ4n) is 0.457. The van der Waals surface area contributed by atoms with Crippen molar-refractivity contribution in [1.82, 2.24) is 0 Å². The maximum absolute atomic E-state index is 9.91. The van der Waals surface area contributed by atoms with Crippen LogP contribution >= 0.6 is 0 Å². The van der Waals surface area contributed by atoms with Gasteiger partial charge in [0.05, 0.1) is 6.61 Å². The number of carbonyl (C=O) groups is 1. The van der Waals surface area contributed by atoms with Crippen molar-refractivity contribution in [3.05, 3.63) is 0 Å². The van der Waals surface area contributed by atoms with E-state index in [1.165, 1.54) is 0 Å². The van der Waals surface area contributed by atoms with Crippen LogP contribution < -0.4 is 5.73 Å². The van der Waals surface area contributed by atoms with Crippen LogP contribution in [0.25, 0.3) is 0 Å². The molecule has 0 bridgehead atoms. The number of nitrogens with two attached hydrogens (primary N) is 1. The number of carboxylic acids is 1. The van der Waals surface area contributed by atoms with E-state index in [4.69, 9.17) is 16.2 Å². The van der Waals surface area contributed by atoms with Crippen LogP contribution in [0, 0.1) is 5.41 Å². The minimum absolute atomic E-state index is 0.205. The Balaban J connectivity index is 3.14. The predicted molar refractivity (Wildman–Crippen MR) is 39.9 cm³/mol. The standard InChI is InChI=1S/C6H12N2O3/c7-3-5(8)1-2-11-4-6(9)10/h8H,1-4,7H2,(H,9,10). The van der Waals surface area contributed by atoms with Gasteiger partial charge in [-0.2, -0.15) is 0 Å². The van der Waals surface area contributed by atoms with Crippen molar-refractivity contribution < 1.29 is 14.6 Å². The van der Waals surface area contributed by atoms with E-state index < -0.39 is 5.97 Å². The van der Waals surface area contributed by atoms with Crippen molar-refractivity contribution >= 4 is 11.7 Å². The summed E-state index contributed by atoms with van der Waals surface area (Å²) in [6.07, 6.45) is 0.407. The lowest BCUT2D eigenvalue weighted by molar-refractivity contribution is -0.142. The smallest absolute Gasteiger partial charge is 0.329 e. The topological polar surface area (TPSA) is 96.4 Å². The molecule has 5 heteroatoms. The average Bonchev–Trinajstić information content (AvgIpc) is 1.97. The third-order valence-electron chi connectivity index (χ3n) is 1.02. The molecular weight excluding hydrogens is 148 g/mol. The summed E-state index contributed by atoms with van der Waals surface area (Å²) in [4.78, 5) is 9.91. The van der Waals surface area contributed by atoms with E-state index in [9.17, 15) is 4.79 Å². The number of ether oxygens (including phenoxy) is 1. The molecule has 0 amide bonds. The summed E-state index contributed by atoms with van der Waals surface area (Å²) in [5, 5.41) is 15.2. The second-order valence-electron chi connectivity index (χ2n) is 2.00. The first-order valence-electron chi connectivity index (χ1n) is 3.22. The largest absolute Gasteiger partial charge is 0.480 e. The highest BCUT2D eigenvalue weighted by Gasteiger charge is 1.97. The van der Waals surface area contributed by atoms with E-state index in [2.05, 4.69) is 4.74 Å². The predicted octanol–water partition coefficient (Wildman–Crippen LogP) is -0.544. The van der Waals surface area contributed by atoms with Gasteiger partial charge in [0.15, 0.2) is 0 Å². The Labute approximate surface area is 64.7 Å². The molecule has 0 aliphatic carbocycles. The highest BCUT2D eigenvalue weighted by atomic mass is 16.5. The van der Waals surface area contributed by atoms with Crippen molar-refractivity contribution in [1.29, 1.82) is 5.41 Å². The molecule has 0 aromatic carbocycles. The van der Waals surface area contributed by atoms with Gasteiger partial charge >= 0.3 is 5.97 Å². The van der Waals surface area contributed by atoms with Crippen LogP contribution in [0.5, 0.6) is 0 Å².